The van der Waals surface area contributed by atoms with Crippen LogP contribution in [-0.4, -0.2) is 23.0 Å². The summed E-state index contributed by atoms with van der Waals surface area (Å²) in [6, 6.07) is 12.2. The average molecular weight is 380 g/mol. The molecule has 0 radical (unpaired) electrons. The van der Waals surface area contributed by atoms with E-state index in [9.17, 15) is 9.18 Å². The normalized spacial score (nSPS) is 10.4. The molecule has 0 fully saturated rings. The van der Waals surface area contributed by atoms with E-state index in [0.717, 1.165) is 11.3 Å². The highest BCUT2D eigenvalue weighted by atomic mass is 19.1. The van der Waals surface area contributed by atoms with Gasteiger partial charge in [0, 0.05) is 18.4 Å². The first-order valence-corrected chi connectivity index (χ1v) is 8.74. The molecular formula is C21H21FN4O2. The van der Waals surface area contributed by atoms with Gasteiger partial charge in [0.25, 0.3) is 5.91 Å². The molecule has 0 saturated heterocycles. The van der Waals surface area contributed by atoms with Gasteiger partial charge in [-0.15, -0.1) is 0 Å². The molecule has 2 aromatic carbocycles. The summed E-state index contributed by atoms with van der Waals surface area (Å²) in [5.41, 5.74) is 2.77. The summed E-state index contributed by atoms with van der Waals surface area (Å²) in [4.78, 5) is 21.0. The molecule has 0 aliphatic rings. The van der Waals surface area contributed by atoms with Crippen molar-refractivity contribution >= 4 is 17.5 Å². The molecule has 0 spiro atoms. The van der Waals surface area contributed by atoms with E-state index in [4.69, 9.17) is 4.74 Å². The fraction of sp³-hybridized carbons (Fsp3) is 0.190. The Labute approximate surface area is 162 Å². The number of rotatable bonds is 6. The molecule has 28 heavy (non-hydrogen) atoms. The van der Waals surface area contributed by atoms with Gasteiger partial charge in [-0.05, 0) is 49.2 Å². The number of methoxy groups -OCH3 is 1. The predicted octanol–water partition coefficient (Wildman–Crippen LogP) is 4.11. The van der Waals surface area contributed by atoms with Crippen LogP contribution in [0.3, 0.4) is 0 Å². The van der Waals surface area contributed by atoms with Crippen molar-refractivity contribution in [2.24, 2.45) is 0 Å². The molecule has 0 bridgehead atoms. The lowest BCUT2D eigenvalue weighted by atomic mass is 10.2. The number of anilines is 2. The number of ether oxygens (including phenoxy) is 1. The van der Waals surface area contributed by atoms with Gasteiger partial charge in [-0.2, -0.15) is 0 Å². The highest BCUT2D eigenvalue weighted by molar-refractivity contribution is 6.04. The van der Waals surface area contributed by atoms with Crippen LogP contribution >= 0.6 is 0 Å². The van der Waals surface area contributed by atoms with Crippen molar-refractivity contribution in [3.63, 3.8) is 0 Å². The van der Waals surface area contributed by atoms with E-state index in [1.54, 1.807) is 33.1 Å². The van der Waals surface area contributed by atoms with Gasteiger partial charge in [0.05, 0.1) is 18.4 Å². The van der Waals surface area contributed by atoms with Crippen molar-refractivity contribution < 1.29 is 13.9 Å². The fourth-order valence-corrected chi connectivity index (χ4v) is 2.61. The second-order valence-corrected chi connectivity index (χ2v) is 6.32. The molecule has 7 heteroatoms. The van der Waals surface area contributed by atoms with E-state index in [1.165, 1.54) is 12.3 Å². The van der Waals surface area contributed by atoms with Gasteiger partial charge in [-0.3, -0.25) is 4.79 Å². The van der Waals surface area contributed by atoms with Crippen molar-refractivity contribution in [2.75, 3.05) is 17.7 Å². The third kappa shape index (κ3) is 4.62. The van der Waals surface area contributed by atoms with Crippen molar-refractivity contribution in [1.82, 2.24) is 9.97 Å². The number of carbonyl (C=O) groups is 1. The highest BCUT2D eigenvalue weighted by Gasteiger charge is 2.13. The maximum atomic E-state index is 13.6. The SMILES string of the molecule is COc1cccc(CNc2ncc(C(=O)Nc3ccc(C)c(F)c3)c(C)n2)c1. The largest absolute Gasteiger partial charge is 0.497 e. The maximum Gasteiger partial charge on any atom is 0.259 e. The molecule has 1 heterocycles. The van der Waals surface area contributed by atoms with Crippen LogP contribution in [0, 0.1) is 19.7 Å². The summed E-state index contributed by atoms with van der Waals surface area (Å²) in [6.45, 7) is 3.91. The molecule has 0 aliphatic heterocycles. The van der Waals surface area contributed by atoms with Gasteiger partial charge in [-0.25, -0.2) is 14.4 Å². The monoisotopic (exact) mass is 380 g/mol. The third-order valence-corrected chi connectivity index (χ3v) is 4.24. The lowest BCUT2D eigenvalue weighted by Gasteiger charge is -2.10. The number of hydrogen-bond donors (Lipinski definition) is 2. The Bertz CT molecular complexity index is 1010. The smallest absolute Gasteiger partial charge is 0.259 e. The number of nitrogens with zero attached hydrogens (tertiary/aromatic N) is 2. The Balaban J connectivity index is 1.67. The molecule has 6 nitrogen and oxygen atoms in total. The van der Waals surface area contributed by atoms with E-state index >= 15 is 0 Å². The number of aryl methyl sites for hydroxylation is 2. The van der Waals surface area contributed by atoms with Crippen molar-refractivity contribution in [3.05, 3.63) is 76.9 Å². The third-order valence-electron chi connectivity index (χ3n) is 4.24. The summed E-state index contributed by atoms with van der Waals surface area (Å²) in [5.74, 6) is 0.428. The standard InChI is InChI=1S/C21H21FN4O2/c1-13-7-8-16(10-19(13)22)26-20(27)18-12-24-21(25-14(18)2)23-11-15-5-4-6-17(9-15)28-3/h4-10,12H,11H2,1-3H3,(H,26,27)(H,23,24,25). The Hall–Kier alpha value is -3.48. The molecule has 0 aliphatic carbocycles. The molecule has 0 saturated carbocycles. The topological polar surface area (TPSA) is 76.1 Å². The molecule has 2 N–H and O–H groups in total. The second kappa shape index (κ2) is 8.47. The van der Waals surface area contributed by atoms with Gasteiger partial charge in [0.1, 0.15) is 11.6 Å². The Kier molecular flexibility index (Phi) is 5.84. The van der Waals surface area contributed by atoms with Gasteiger partial charge >= 0.3 is 0 Å². The van der Waals surface area contributed by atoms with Gasteiger partial charge < -0.3 is 15.4 Å². The van der Waals surface area contributed by atoms with Crippen LogP contribution in [0.4, 0.5) is 16.0 Å². The van der Waals surface area contributed by atoms with E-state index in [2.05, 4.69) is 20.6 Å². The molecule has 0 unspecified atom stereocenters. The molecule has 3 aromatic rings. The van der Waals surface area contributed by atoms with Crippen LogP contribution in [0.15, 0.2) is 48.7 Å². The van der Waals surface area contributed by atoms with E-state index in [-0.39, 0.29) is 11.7 Å². The molecule has 3 rings (SSSR count). The number of amides is 1. The van der Waals surface area contributed by atoms with Gasteiger partial charge in [0.2, 0.25) is 5.95 Å². The summed E-state index contributed by atoms with van der Waals surface area (Å²) in [6.07, 6.45) is 1.45. The molecule has 144 valence electrons. The van der Waals surface area contributed by atoms with E-state index in [1.807, 2.05) is 24.3 Å². The molecule has 1 aromatic heterocycles. The summed E-state index contributed by atoms with van der Waals surface area (Å²) < 4.78 is 18.8. The van der Waals surface area contributed by atoms with E-state index in [0.29, 0.717) is 35.0 Å². The van der Waals surface area contributed by atoms with Gasteiger partial charge in [0.15, 0.2) is 0 Å². The molecule has 1 amide bonds. The quantitative estimate of drug-likeness (QED) is 0.673. The van der Waals surface area contributed by atoms with E-state index < -0.39 is 0 Å². The fourth-order valence-electron chi connectivity index (χ4n) is 2.61. The van der Waals surface area contributed by atoms with Crippen LogP contribution in [-0.2, 0) is 6.54 Å². The van der Waals surface area contributed by atoms with Crippen LogP contribution in [0.2, 0.25) is 0 Å². The minimum absolute atomic E-state index is 0.327. The van der Waals surface area contributed by atoms with Crippen LogP contribution < -0.4 is 15.4 Å². The number of halogens is 1. The first kappa shape index (κ1) is 19.3. The maximum absolute atomic E-state index is 13.6. The van der Waals surface area contributed by atoms with Crippen molar-refractivity contribution in [2.45, 2.75) is 20.4 Å². The minimum atomic E-state index is -0.389. The number of benzene rings is 2. The van der Waals surface area contributed by atoms with Crippen molar-refractivity contribution in [3.8, 4) is 5.75 Å². The predicted molar refractivity (Wildman–Crippen MR) is 106 cm³/mol. The summed E-state index contributed by atoms with van der Waals surface area (Å²) in [7, 11) is 1.62. The Morgan fingerprint density at radius 2 is 2.00 bits per heavy atom. The van der Waals surface area contributed by atoms with Crippen LogP contribution in [0.5, 0.6) is 5.75 Å². The summed E-state index contributed by atoms with van der Waals surface area (Å²) >= 11 is 0. The zero-order valence-electron chi connectivity index (χ0n) is 15.9. The van der Waals surface area contributed by atoms with Crippen molar-refractivity contribution in [1.29, 1.82) is 0 Å². The lowest BCUT2D eigenvalue weighted by molar-refractivity contribution is 0.102. The van der Waals surface area contributed by atoms with Gasteiger partial charge in [-0.1, -0.05) is 18.2 Å². The Morgan fingerprint density at radius 1 is 1.18 bits per heavy atom. The summed E-state index contributed by atoms with van der Waals surface area (Å²) in [5, 5.41) is 5.79. The lowest BCUT2D eigenvalue weighted by Crippen LogP contribution is -2.16. The zero-order chi connectivity index (χ0) is 20.1. The molecular weight excluding hydrogens is 359 g/mol. The zero-order valence-corrected chi connectivity index (χ0v) is 15.9. The highest BCUT2D eigenvalue weighted by Crippen LogP contribution is 2.17. The first-order valence-electron chi connectivity index (χ1n) is 8.74. The minimum Gasteiger partial charge on any atom is -0.497 e. The van der Waals surface area contributed by atoms with Crippen LogP contribution in [0.25, 0.3) is 0 Å². The number of aromatic nitrogens is 2. The average Bonchev–Trinajstić information content (AvgIpc) is 2.69. The first-order chi connectivity index (χ1) is 13.5. The number of nitrogens with one attached hydrogen (secondary N) is 2. The number of hydrogen-bond acceptors (Lipinski definition) is 5. The molecule has 0 atom stereocenters. The van der Waals surface area contributed by atoms with Crippen LogP contribution in [0.1, 0.15) is 27.2 Å². The Morgan fingerprint density at radius 3 is 2.71 bits per heavy atom. The number of carbonyl (C=O) groups excluding carboxylic acids is 1. The second-order valence-electron chi connectivity index (χ2n) is 6.32.